The minimum atomic E-state index is -0.976. The van der Waals surface area contributed by atoms with Gasteiger partial charge in [-0.2, -0.15) is 0 Å². The molecule has 6 unspecified atom stereocenters. The Kier molecular flexibility index (Phi) is 16.4. The molecule has 7 rings (SSSR count). The molecule has 14 atom stereocenters. The Morgan fingerprint density at radius 3 is 1.20 bits per heavy atom. The number of carbonyl (C=O) groups excluding carboxylic acids is 8. The van der Waals surface area contributed by atoms with Crippen molar-refractivity contribution >= 4 is 47.3 Å². The van der Waals surface area contributed by atoms with Gasteiger partial charge in [0.2, 0.25) is 35.4 Å². The van der Waals surface area contributed by atoms with Gasteiger partial charge in [-0.3, -0.25) is 38.4 Å². The number of nitrogens with zero attached hydrogens (tertiary/aromatic N) is 2. The van der Waals surface area contributed by atoms with Crippen LogP contribution in [0.4, 0.5) is 0 Å². The lowest BCUT2D eigenvalue weighted by Crippen LogP contribution is -2.60. The number of likely N-dealkylation sites (tertiary alicyclic amines) is 2. The molecule has 18 heteroatoms. The summed E-state index contributed by atoms with van der Waals surface area (Å²) in [5.74, 6) is -2.21. The van der Waals surface area contributed by atoms with Crippen LogP contribution in [-0.4, -0.2) is 145 Å². The maximum Gasteiger partial charge on any atom is 0.251 e. The van der Waals surface area contributed by atoms with Crippen molar-refractivity contribution < 1.29 is 38.4 Å². The van der Waals surface area contributed by atoms with Crippen molar-refractivity contribution in [2.45, 2.75) is 209 Å². The first-order chi connectivity index (χ1) is 35.2. The van der Waals surface area contributed by atoms with Gasteiger partial charge in [0, 0.05) is 48.4 Å². The van der Waals surface area contributed by atoms with Gasteiger partial charge in [0.1, 0.15) is 24.2 Å². The molecule has 6 fully saturated rings. The molecule has 8 amide bonds. The van der Waals surface area contributed by atoms with Gasteiger partial charge in [-0.1, -0.05) is 89.2 Å². The van der Waals surface area contributed by atoms with E-state index in [1.54, 1.807) is 46.1 Å². The van der Waals surface area contributed by atoms with E-state index in [0.29, 0.717) is 11.8 Å². The average Bonchev–Trinajstić information content (AvgIpc) is 4.15. The van der Waals surface area contributed by atoms with E-state index in [-0.39, 0.29) is 94.4 Å². The van der Waals surface area contributed by atoms with Crippen LogP contribution in [0.3, 0.4) is 0 Å². The number of fused-ring (bicyclic) bond motifs is 4. The molecule has 76 heavy (non-hydrogen) atoms. The summed E-state index contributed by atoms with van der Waals surface area (Å²) in [6.45, 7) is 28.2. The highest BCUT2D eigenvalue weighted by Gasteiger charge is 2.63. The number of rotatable bonds is 16. The van der Waals surface area contributed by atoms with Gasteiger partial charge >= 0.3 is 0 Å². The molecule has 4 bridgehead atoms. The van der Waals surface area contributed by atoms with Gasteiger partial charge in [0.15, 0.2) is 0 Å². The zero-order chi connectivity index (χ0) is 56.4. The molecular formula is C58H92N10O8. The van der Waals surface area contributed by atoms with Crippen molar-refractivity contribution in [3.05, 3.63) is 35.4 Å². The summed E-state index contributed by atoms with van der Waals surface area (Å²) in [6.07, 6.45) is 6.16. The lowest BCUT2D eigenvalue weighted by atomic mass is 9.69. The fourth-order valence-electron chi connectivity index (χ4n) is 14.0. The van der Waals surface area contributed by atoms with Crippen molar-refractivity contribution in [1.29, 1.82) is 0 Å². The van der Waals surface area contributed by atoms with Gasteiger partial charge in [-0.25, -0.2) is 0 Å². The van der Waals surface area contributed by atoms with Crippen LogP contribution in [0.2, 0.25) is 0 Å². The number of benzene rings is 1. The van der Waals surface area contributed by atoms with Crippen LogP contribution >= 0.6 is 0 Å². The van der Waals surface area contributed by atoms with E-state index < -0.39 is 82.8 Å². The molecule has 4 saturated carbocycles. The second-order valence-corrected chi connectivity index (χ2v) is 27.4. The van der Waals surface area contributed by atoms with Crippen molar-refractivity contribution in [2.75, 3.05) is 27.2 Å². The Balaban J connectivity index is 1.08. The SMILES string of the molecule is CN[C@@H](C)C(=O)NC(C(=O)N1C[C@@H](NC(=O)c2cccc(C(=O)N[C@H]3CC(C(=O)N[C@@H]4CC5CCC4(C)C5(C)C)N(C(=O)[C@@H](NC(=O)[C@H](C)NC)C(C)(C)C)C3)c2)C[C@H]1C(=O)N[C@@H]1CC2CCC1(C)C2(C)C)C(C)(C)C. The molecule has 18 nitrogen and oxygen atoms in total. The largest absolute Gasteiger partial charge is 0.351 e. The highest BCUT2D eigenvalue weighted by atomic mass is 16.2. The van der Waals surface area contributed by atoms with Crippen LogP contribution in [0.25, 0.3) is 0 Å². The number of amides is 8. The Morgan fingerprint density at radius 2 is 0.908 bits per heavy atom. The van der Waals surface area contributed by atoms with Crippen molar-refractivity contribution in [3.8, 4) is 0 Å². The zero-order valence-electron chi connectivity index (χ0n) is 48.5. The lowest BCUT2D eigenvalue weighted by Gasteiger charge is -2.40. The highest BCUT2D eigenvalue weighted by Crippen LogP contribution is 2.66. The van der Waals surface area contributed by atoms with Crippen molar-refractivity contribution in [2.24, 2.45) is 44.3 Å². The first kappa shape index (κ1) is 58.6. The normalized spacial score (nSPS) is 31.7. The second kappa shape index (κ2) is 21.3. The van der Waals surface area contributed by atoms with E-state index in [1.165, 1.54) is 15.9 Å². The first-order valence-corrected chi connectivity index (χ1v) is 28.1. The van der Waals surface area contributed by atoms with E-state index in [2.05, 4.69) is 84.1 Å². The van der Waals surface area contributed by atoms with Crippen molar-refractivity contribution in [1.82, 2.24) is 52.3 Å². The van der Waals surface area contributed by atoms with Gasteiger partial charge in [-0.05, 0) is 142 Å². The van der Waals surface area contributed by atoms with Gasteiger partial charge in [0.05, 0.1) is 12.1 Å². The Hall–Kier alpha value is -5.10. The number of likely N-dealkylation sites (N-methyl/N-ethyl adjacent to an activating group) is 2. The molecule has 2 aliphatic heterocycles. The number of carbonyl (C=O) groups is 8. The van der Waals surface area contributed by atoms with Crippen LogP contribution in [0, 0.1) is 44.3 Å². The second-order valence-electron chi connectivity index (χ2n) is 27.4. The van der Waals surface area contributed by atoms with E-state index in [9.17, 15) is 38.4 Å². The minimum Gasteiger partial charge on any atom is -0.351 e. The Morgan fingerprint density at radius 1 is 0.553 bits per heavy atom. The molecule has 0 spiro atoms. The standard InChI is InChI=1S/C58H92N10O8/c1-31(59-15)45(69)65-43(53(3,4)5)51(75)67-29-37(27-39(67)49(73)63-41-25-35-20-22-57(41,13)55(35,9)10)61-47(71)33-18-17-19-34(24-33)48(72)62-38-28-40(50(74)64-42-26-36-21-23-58(42,14)56(36,11)12)68(30-38)52(76)44(54(6,7)8)66-46(70)32(2)60-16/h17-19,24,31-32,35-44,59-60H,20-23,25-30H2,1-16H3,(H,61,71)(H,62,72)(H,63,73)(H,64,74)(H,65,69)(H,66,70)/t31-,32-,35?,36?,37-,38-,39-,40?,41+,42+,43?,44+,57?,58?/m0/s1. The fourth-order valence-corrected chi connectivity index (χ4v) is 14.0. The van der Waals surface area contributed by atoms with Crippen LogP contribution in [-0.2, 0) is 28.8 Å². The van der Waals surface area contributed by atoms with Crippen LogP contribution in [0.1, 0.15) is 169 Å². The Labute approximate surface area is 452 Å². The summed E-state index contributed by atoms with van der Waals surface area (Å²) in [5.41, 5.74) is -1.27. The molecule has 6 aliphatic rings. The highest BCUT2D eigenvalue weighted by molar-refractivity contribution is 6.01. The number of hydrogen-bond donors (Lipinski definition) is 8. The van der Waals surface area contributed by atoms with E-state index in [0.717, 1.165) is 38.5 Å². The molecule has 4 aliphatic carbocycles. The number of hydrogen-bond acceptors (Lipinski definition) is 10. The predicted molar refractivity (Wildman–Crippen MR) is 291 cm³/mol. The smallest absolute Gasteiger partial charge is 0.251 e. The third kappa shape index (κ3) is 10.9. The molecular weight excluding hydrogens is 965 g/mol. The summed E-state index contributed by atoms with van der Waals surface area (Å²) in [7, 11) is 3.33. The Bertz CT molecular complexity index is 2290. The van der Waals surface area contributed by atoms with Gasteiger partial charge in [0.25, 0.3) is 11.8 Å². The van der Waals surface area contributed by atoms with E-state index in [1.807, 2.05) is 41.5 Å². The summed E-state index contributed by atoms with van der Waals surface area (Å²) in [6, 6.07) is -0.159. The van der Waals surface area contributed by atoms with Gasteiger partial charge in [-0.15, -0.1) is 0 Å². The summed E-state index contributed by atoms with van der Waals surface area (Å²) >= 11 is 0. The predicted octanol–water partition coefficient (Wildman–Crippen LogP) is 4.02. The lowest BCUT2D eigenvalue weighted by molar-refractivity contribution is -0.144. The zero-order valence-corrected chi connectivity index (χ0v) is 48.5. The first-order valence-electron chi connectivity index (χ1n) is 28.1. The molecule has 422 valence electrons. The monoisotopic (exact) mass is 1060 g/mol. The quantitative estimate of drug-likeness (QED) is 0.118. The molecule has 0 aromatic heterocycles. The summed E-state index contributed by atoms with van der Waals surface area (Å²) in [4.78, 5) is 117. The topological polar surface area (TPSA) is 239 Å². The minimum absolute atomic E-state index is 0.0150. The molecule has 2 heterocycles. The molecule has 1 aromatic carbocycles. The summed E-state index contributed by atoms with van der Waals surface area (Å²) < 4.78 is 0. The van der Waals surface area contributed by atoms with E-state index >= 15 is 0 Å². The third-order valence-electron chi connectivity index (χ3n) is 20.5. The maximum atomic E-state index is 14.7. The summed E-state index contributed by atoms with van der Waals surface area (Å²) in [5, 5.41) is 24.5. The molecule has 0 radical (unpaired) electrons. The van der Waals surface area contributed by atoms with Crippen LogP contribution in [0.5, 0.6) is 0 Å². The van der Waals surface area contributed by atoms with Crippen LogP contribution < -0.4 is 42.5 Å². The number of nitrogens with one attached hydrogen (secondary N) is 8. The van der Waals surface area contributed by atoms with Crippen molar-refractivity contribution in [3.63, 3.8) is 0 Å². The molecule has 1 aromatic rings. The third-order valence-corrected chi connectivity index (χ3v) is 20.5. The van der Waals surface area contributed by atoms with E-state index in [4.69, 9.17) is 0 Å². The maximum absolute atomic E-state index is 14.7. The molecule has 2 saturated heterocycles. The fraction of sp³-hybridized carbons (Fsp3) is 0.759. The van der Waals surface area contributed by atoms with Crippen LogP contribution in [0.15, 0.2) is 24.3 Å². The van der Waals surface area contributed by atoms with Gasteiger partial charge < -0.3 is 52.3 Å². The average molecular weight is 1060 g/mol. The molecule has 8 N–H and O–H groups in total.